The van der Waals surface area contributed by atoms with Crippen LogP contribution in [0.4, 0.5) is 5.82 Å². The van der Waals surface area contributed by atoms with Gasteiger partial charge in [0.1, 0.15) is 35.2 Å². The summed E-state index contributed by atoms with van der Waals surface area (Å²) in [6.07, 6.45) is -0.105. The highest BCUT2D eigenvalue weighted by molar-refractivity contribution is 7.52. The Balaban J connectivity index is 1.81. The number of hydrogen-bond acceptors (Lipinski definition) is 11. The van der Waals surface area contributed by atoms with Crippen molar-refractivity contribution in [2.24, 2.45) is 11.3 Å². The van der Waals surface area contributed by atoms with E-state index in [9.17, 15) is 29.3 Å². The number of benzene rings is 1. The second kappa shape index (κ2) is 16.3. The average molecular weight is 662 g/mol. The minimum Gasteiger partial charge on any atom is -0.462 e. The van der Waals surface area contributed by atoms with Gasteiger partial charge in [0.25, 0.3) is 0 Å². The summed E-state index contributed by atoms with van der Waals surface area (Å²) in [7, 11) is -4.31. The van der Waals surface area contributed by atoms with E-state index < -0.39 is 62.0 Å². The number of anilines is 1. The van der Waals surface area contributed by atoms with Gasteiger partial charge in [-0.05, 0) is 58.7 Å². The second-order valence-corrected chi connectivity index (χ2v) is 13.4. The number of rotatable bonds is 16. The van der Waals surface area contributed by atoms with Crippen LogP contribution in [0, 0.1) is 22.7 Å². The highest BCUT2D eigenvalue weighted by Gasteiger charge is 2.55. The number of carbonyl (C=O) groups excluding carboxylic acids is 2. The number of nitrogens with zero attached hydrogens (tertiary/aromatic N) is 3. The number of carbonyl (C=O) groups is 2. The Morgan fingerprint density at radius 1 is 1.17 bits per heavy atom. The molecule has 6 atom stereocenters. The van der Waals surface area contributed by atoms with Crippen molar-refractivity contribution in [3.8, 4) is 11.8 Å². The van der Waals surface area contributed by atoms with E-state index in [0.717, 1.165) is 17.4 Å². The average Bonchev–Trinajstić information content (AvgIpc) is 3.25. The van der Waals surface area contributed by atoms with Crippen LogP contribution in [-0.2, 0) is 28.2 Å². The Kier molecular flexibility index (Phi) is 13.1. The molecule has 1 aromatic heterocycles. The highest BCUT2D eigenvalue weighted by atomic mass is 31.2. The summed E-state index contributed by atoms with van der Waals surface area (Å²) < 4.78 is 37.4. The third-order valence-corrected chi connectivity index (χ3v) is 9.08. The van der Waals surface area contributed by atoms with E-state index in [1.165, 1.54) is 38.2 Å². The number of nitriles is 1. The van der Waals surface area contributed by atoms with Crippen LogP contribution in [0.3, 0.4) is 0 Å². The summed E-state index contributed by atoms with van der Waals surface area (Å²) >= 11 is 0. The van der Waals surface area contributed by atoms with Gasteiger partial charge in [0.05, 0.1) is 18.8 Å². The summed E-state index contributed by atoms with van der Waals surface area (Å²) in [6, 6.07) is 10.4. The van der Waals surface area contributed by atoms with E-state index in [1.807, 2.05) is 19.9 Å². The number of hydrogen-bond donors (Lipinski definition) is 3. The summed E-state index contributed by atoms with van der Waals surface area (Å²) in [5, 5.41) is 26.5. The molecule has 2 heterocycles. The quantitative estimate of drug-likeness (QED) is 0.171. The third-order valence-electron chi connectivity index (χ3n) is 7.44. The highest BCUT2D eigenvalue weighted by Crippen LogP contribution is 2.48. The van der Waals surface area contributed by atoms with E-state index in [4.69, 9.17) is 18.5 Å². The van der Waals surface area contributed by atoms with Gasteiger partial charge in [0, 0.05) is 12.1 Å². The van der Waals surface area contributed by atoms with Crippen LogP contribution < -0.4 is 20.6 Å². The predicted octanol–water partition coefficient (Wildman–Crippen LogP) is 4.32. The lowest BCUT2D eigenvalue weighted by Crippen LogP contribution is -2.40. The molecule has 1 aromatic carbocycles. The van der Waals surface area contributed by atoms with Crippen LogP contribution in [0.15, 0.2) is 47.4 Å². The number of aliphatic hydroxyl groups excluding tert-OH is 1. The van der Waals surface area contributed by atoms with Crippen LogP contribution in [0.2, 0.25) is 0 Å². The molecule has 0 saturated carbocycles. The maximum absolute atomic E-state index is 13.9. The first kappa shape index (κ1) is 36.9. The van der Waals surface area contributed by atoms with Gasteiger partial charge in [0.15, 0.2) is 6.23 Å². The Morgan fingerprint density at radius 3 is 2.39 bits per heavy atom. The van der Waals surface area contributed by atoms with E-state index >= 15 is 0 Å². The van der Waals surface area contributed by atoms with Gasteiger partial charge in [-0.1, -0.05) is 44.9 Å². The van der Waals surface area contributed by atoms with Crippen molar-refractivity contribution in [2.75, 3.05) is 11.9 Å². The van der Waals surface area contributed by atoms with Gasteiger partial charge in [-0.15, -0.1) is 0 Å². The second-order valence-electron chi connectivity index (χ2n) is 11.7. The largest absolute Gasteiger partial charge is 0.462 e. The van der Waals surface area contributed by atoms with Gasteiger partial charge in [0.2, 0.25) is 5.91 Å². The van der Waals surface area contributed by atoms with Gasteiger partial charge in [-0.25, -0.2) is 9.36 Å². The number of para-hydroxylation sites is 1. The van der Waals surface area contributed by atoms with Crippen LogP contribution in [0.25, 0.3) is 0 Å². The molecule has 3 rings (SSSR count). The van der Waals surface area contributed by atoms with Crippen LogP contribution in [0.1, 0.15) is 73.5 Å². The normalized spacial score (nSPS) is 23.0. The number of amides is 1. The van der Waals surface area contributed by atoms with Gasteiger partial charge in [-0.2, -0.15) is 15.3 Å². The molecular formula is C31H44N5O9P. The Bertz CT molecular complexity index is 1470. The molecule has 14 nitrogen and oxygen atoms in total. The molecule has 1 fully saturated rings. The number of nitrogens with one attached hydrogen (secondary N) is 2. The molecule has 2 aromatic rings. The topological polar surface area (TPSA) is 191 Å². The Hall–Kier alpha value is -3.60. The van der Waals surface area contributed by atoms with Gasteiger partial charge < -0.3 is 24.4 Å². The zero-order chi connectivity index (χ0) is 34.1. The lowest BCUT2D eigenvalue weighted by atomic mass is 9.84. The maximum Gasteiger partial charge on any atom is 0.459 e. The van der Waals surface area contributed by atoms with E-state index in [-0.39, 0.29) is 23.4 Å². The SMILES string of the molecule is CCCC(CCC)C(=O)Nc1ccn([C@@H]2O[C@H](COP(=O)(N[C@@H](C)C(=O)OC(C)C)Oc3ccccc3)[C@@H](O)[C@@]2(C)C#N)c(=O)n1. The Labute approximate surface area is 269 Å². The summed E-state index contributed by atoms with van der Waals surface area (Å²) in [6.45, 7) is 9.61. The third kappa shape index (κ3) is 9.24. The Morgan fingerprint density at radius 2 is 1.83 bits per heavy atom. The molecular weight excluding hydrogens is 617 g/mol. The predicted molar refractivity (Wildman–Crippen MR) is 169 cm³/mol. The van der Waals surface area contributed by atoms with Crippen LogP contribution >= 0.6 is 7.75 Å². The van der Waals surface area contributed by atoms with E-state index in [2.05, 4.69) is 15.4 Å². The molecule has 0 radical (unpaired) electrons. The minimum atomic E-state index is -4.31. The van der Waals surface area contributed by atoms with Crippen LogP contribution in [0.5, 0.6) is 5.75 Å². The summed E-state index contributed by atoms with van der Waals surface area (Å²) in [4.78, 5) is 42.3. The maximum atomic E-state index is 13.9. The molecule has 3 N–H and O–H groups in total. The van der Waals surface area contributed by atoms with Gasteiger partial charge in [-0.3, -0.25) is 18.7 Å². The first-order chi connectivity index (χ1) is 21.8. The number of aliphatic hydroxyl groups is 1. The number of ether oxygens (including phenoxy) is 2. The van der Waals surface area contributed by atoms with Crippen molar-refractivity contribution in [1.29, 1.82) is 5.26 Å². The standard InChI is InChI=1S/C31H44N5O9P/c1-7-12-22(13-8-2)27(38)33-25-16-17-36(30(40)34-25)29-31(6,19-32)26(37)24(44-29)18-42-46(41,45-23-14-10-9-11-15-23)35-21(5)28(39)43-20(3)4/h9-11,14-17,20-22,24,26,29,37H,7-8,12-13,18H2,1-6H3,(H,35,41)(H,33,34,38,40)/t21-,24+,26+,29+,31+,46?/m0/s1. The monoisotopic (exact) mass is 661 g/mol. The zero-order valence-electron chi connectivity index (χ0n) is 27.0. The van der Waals surface area contributed by atoms with Crippen molar-refractivity contribution in [3.63, 3.8) is 0 Å². The summed E-state index contributed by atoms with van der Waals surface area (Å²) in [5.41, 5.74) is -2.48. The molecule has 0 spiro atoms. The molecule has 15 heteroatoms. The lowest BCUT2D eigenvalue weighted by Gasteiger charge is -2.26. The molecule has 46 heavy (non-hydrogen) atoms. The van der Waals surface area contributed by atoms with Crippen molar-refractivity contribution in [2.45, 2.75) is 97.8 Å². The first-order valence-electron chi connectivity index (χ1n) is 15.4. The molecule has 1 saturated heterocycles. The molecule has 1 aliphatic heterocycles. The van der Waals surface area contributed by atoms with Crippen molar-refractivity contribution in [3.05, 3.63) is 53.1 Å². The zero-order valence-corrected chi connectivity index (χ0v) is 27.9. The van der Waals surface area contributed by atoms with Crippen molar-refractivity contribution < 1.29 is 37.8 Å². The molecule has 0 bridgehead atoms. The van der Waals surface area contributed by atoms with E-state index in [1.54, 1.807) is 32.0 Å². The lowest BCUT2D eigenvalue weighted by molar-refractivity contribution is -0.149. The molecule has 1 aliphatic rings. The van der Waals surface area contributed by atoms with E-state index in [0.29, 0.717) is 12.8 Å². The fourth-order valence-electron chi connectivity index (χ4n) is 5.02. The number of aromatic nitrogens is 2. The molecule has 1 unspecified atom stereocenters. The molecule has 252 valence electrons. The molecule has 0 aliphatic carbocycles. The number of esters is 1. The van der Waals surface area contributed by atoms with Gasteiger partial charge >= 0.3 is 19.4 Å². The van der Waals surface area contributed by atoms with Crippen LogP contribution in [-0.4, -0.2) is 57.5 Å². The summed E-state index contributed by atoms with van der Waals surface area (Å²) in [5.74, 6) is -0.910. The van der Waals surface area contributed by atoms with Crippen molar-refractivity contribution >= 4 is 25.4 Å². The fourth-order valence-corrected chi connectivity index (χ4v) is 6.52. The fraction of sp³-hybridized carbons (Fsp3) is 0.581. The minimum absolute atomic E-state index is 0.0516. The smallest absolute Gasteiger partial charge is 0.459 e. The molecule has 1 amide bonds. The van der Waals surface area contributed by atoms with Crippen molar-refractivity contribution in [1.82, 2.24) is 14.6 Å². The first-order valence-corrected chi connectivity index (χ1v) is 16.9.